The van der Waals surface area contributed by atoms with Gasteiger partial charge in [-0.15, -0.1) is 15.6 Å². The van der Waals surface area contributed by atoms with E-state index in [-0.39, 0.29) is 28.6 Å². The van der Waals surface area contributed by atoms with Gasteiger partial charge in [0, 0.05) is 16.5 Å². The number of oxime groups is 1. The molecule has 1 unspecified atom stereocenters. The summed E-state index contributed by atoms with van der Waals surface area (Å²) < 4.78 is 50.7. The number of rotatable bonds is 18. The Labute approximate surface area is 367 Å². The van der Waals surface area contributed by atoms with Gasteiger partial charge in [0.25, 0.3) is 23.9 Å². The highest BCUT2D eigenvalue weighted by Gasteiger charge is 2.57. The van der Waals surface area contributed by atoms with E-state index in [1.165, 1.54) is 44.4 Å². The van der Waals surface area contributed by atoms with Crippen molar-refractivity contribution in [3.05, 3.63) is 178 Å². The normalized spacial score (nSPS) is 15.5. The maximum Gasteiger partial charge on any atom is 0.418 e. The summed E-state index contributed by atoms with van der Waals surface area (Å²) in [4.78, 5) is 50.7. The fourth-order valence-electron chi connectivity index (χ4n) is 7.12. The number of hydroxylamine groups is 2. The second-order valence-electron chi connectivity index (χ2n) is 15.2. The van der Waals surface area contributed by atoms with Crippen molar-refractivity contribution in [3.63, 3.8) is 0 Å². The van der Waals surface area contributed by atoms with Crippen LogP contribution in [0.2, 0.25) is 0 Å². The van der Waals surface area contributed by atoms with E-state index in [4.69, 9.17) is 14.3 Å². The number of ether oxygens (including phenoxy) is 2. The lowest BCUT2D eigenvalue weighted by Crippen LogP contribution is -2.68. The van der Waals surface area contributed by atoms with Crippen molar-refractivity contribution in [3.8, 4) is 11.5 Å². The third-order valence-electron chi connectivity index (χ3n) is 10.4. The zero-order valence-electron chi connectivity index (χ0n) is 34.5. The summed E-state index contributed by atoms with van der Waals surface area (Å²) in [5.74, 6) is -3.08. The largest absolute Gasteiger partial charge is 0.477 e. The first-order chi connectivity index (χ1) is 30.1. The molecule has 3 heterocycles. The van der Waals surface area contributed by atoms with Crippen LogP contribution in [-0.2, 0) is 33.9 Å². The number of pyridine rings is 1. The van der Waals surface area contributed by atoms with E-state index in [2.05, 4.69) is 14.4 Å². The number of nitrogens with zero attached hydrogens (tertiary/aromatic N) is 4. The smallest absolute Gasteiger partial charge is 0.418 e. The van der Waals surface area contributed by atoms with Gasteiger partial charge in [-0.3, -0.25) is 24.1 Å². The van der Waals surface area contributed by atoms with Gasteiger partial charge in [-0.1, -0.05) is 126 Å². The van der Waals surface area contributed by atoms with Gasteiger partial charge in [0.2, 0.25) is 5.75 Å². The van der Waals surface area contributed by atoms with Crippen molar-refractivity contribution >= 4 is 44.9 Å². The maximum absolute atomic E-state index is 14.0. The summed E-state index contributed by atoms with van der Waals surface area (Å²) in [5, 5.41) is 18.5. The highest BCUT2D eigenvalue weighted by Crippen LogP contribution is 2.42. The molecule has 15 nitrogen and oxygen atoms in total. The minimum atomic E-state index is -5.03. The van der Waals surface area contributed by atoms with Crippen molar-refractivity contribution < 1.29 is 55.9 Å². The van der Waals surface area contributed by atoms with Crippen LogP contribution < -0.4 is 14.2 Å². The van der Waals surface area contributed by atoms with Crippen molar-refractivity contribution in [1.29, 1.82) is 0 Å². The van der Waals surface area contributed by atoms with E-state index in [0.717, 1.165) is 22.3 Å². The van der Waals surface area contributed by atoms with Crippen molar-refractivity contribution in [2.75, 3.05) is 0 Å². The molecule has 0 spiro atoms. The monoisotopic (exact) mass is 891 g/mol. The molecule has 4 aromatic carbocycles. The first-order valence-electron chi connectivity index (χ1n) is 19.6. The summed E-state index contributed by atoms with van der Waals surface area (Å²) in [6.07, 6.45) is -2.24. The van der Waals surface area contributed by atoms with E-state index in [9.17, 15) is 32.6 Å². The number of thiazole rings is 1. The predicted octanol–water partition coefficient (Wildman–Crippen LogP) is 7.29. The van der Waals surface area contributed by atoms with E-state index in [1.54, 1.807) is 12.3 Å². The van der Waals surface area contributed by atoms with Gasteiger partial charge in [0.15, 0.2) is 23.0 Å². The molecule has 1 saturated heterocycles. The second kappa shape index (κ2) is 18.7. The van der Waals surface area contributed by atoms with Gasteiger partial charge in [0.05, 0.1) is 22.5 Å². The van der Waals surface area contributed by atoms with Crippen LogP contribution in [0.15, 0.2) is 144 Å². The topological polar surface area (TPSA) is 195 Å². The van der Waals surface area contributed by atoms with Crippen LogP contribution in [0.1, 0.15) is 84.2 Å². The van der Waals surface area contributed by atoms with Gasteiger partial charge in [-0.25, -0.2) is 4.98 Å². The molecule has 1 aliphatic rings. The summed E-state index contributed by atoms with van der Waals surface area (Å²) in [6.45, 7) is 5.84. The molecule has 1 aliphatic heterocycles. The number of ketones is 2. The molecule has 2 atom stereocenters. The molecule has 0 radical (unpaired) electrons. The van der Waals surface area contributed by atoms with Crippen LogP contribution in [0.3, 0.4) is 0 Å². The highest BCUT2D eigenvalue weighted by atomic mass is 32.3. The molecule has 6 aromatic rings. The lowest BCUT2D eigenvalue weighted by atomic mass is 9.74. The average molecular weight is 892 g/mol. The third-order valence-corrected chi connectivity index (χ3v) is 11.5. The summed E-state index contributed by atoms with van der Waals surface area (Å²) in [7, 11) is -5.03. The summed E-state index contributed by atoms with van der Waals surface area (Å²) in [5.41, 5.74) is 1.48. The Morgan fingerprint density at radius 3 is 1.73 bits per heavy atom. The number of Topliss-reactive ketones (excluding diaryl/α,β-unsaturated/α-hetero) is 2. The molecule has 2 N–H and O–H groups in total. The first-order valence-corrected chi connectivity index (χ1v) is 21.9. The number of carbonyl (C=O) groups is 3. The molecular formula is C46H43N4O11S2+. The minimum absolute atomic E-state index is 0.0893. The molecule has 324 valence electrons. The van der Waals surface area contributed by atoms with Crippen molar-refractivity contribution in [2.45, 2.75) is 58.0 Å². The standard InChI is InChI=1S/C46H42N4O11S2/c1-29(51)42(60-48-41(36-28-62-30(2)47-36)38(52)25-35-45(53)50(46(35,3)4)61-63(55,56)57)37-26-39(58-43(31-17-9-5-10-18-31)32-19-11-6-12-20-32)40(27-49(37)54)59-44(33-21-13-7-14-22-33)34-23-15-8-16-24-34/h5-24,26-28,35,42-44H,25H2,1-4H3,(H-,54,55,56,57)/p+1/b48-41-/t35-,42?/m1/s1. The molecule has 1 fully saturated rings. The van der Waals surface area contributed by atoms with Gasteiger partial charge < -0.3 is 14.3 Å². The number of aromatic nitrogens is 2. The Morgan fingerprint density at radius 2 is 1.32 bits per heavy atom. The Hall–Kier alpha value is -6.79. The SMILES string of the molecule is CC(=O)C(O/N=C(\C(=O)C[C@@H]1C(=O)N(OS(=O)(=O)O)C1(C)C)c1csc(C)n1)c1cc(OC(c2ccccc2)c2ccccc2)c(OC(c2ccccc2)c2ccccc2)c[n+]1O. The first kappa shape index (κ1) is 44.3. The molecule has 7 rings (SSSR count). The van der Waals surface area contributed by atoms with Gasteiger partial charge in [-0.05, 0) is 49.9 Å². The fourth-order valence-corrected chi connectivity index (χ4v) is 8.17. The minimum Gasteiger partial charge on any atom is -0.477 e. The summed E-state index contributed by atoms with van der Waals surface area (Å²) >= 11 is 1.21. The number of benzene rings is 4. The van der Waals surface area contributed by atoms with Crippen LogP contribution in [0.5, 0.6) is 11.5 Å². The Bertz CT molecular complexity index is 2660. The van der Waals surface area contributed by atoms with Crippen LogP contribution >= 0.6 is 11.3 Å². The maximum atomic E-state index is 14.0. The number of amides is 1. The number of hydrogen-bond acceptors (Lipinski definition) is 13. The molecule has 0 bridgehead atoms. The van der Waals surface area contributed by atoms with Crippen LogP contribution in [0, 0.1) is 12.8 Å². The number of carbonyl (C=O) groups excluding carboxylic acids is 3. The quantitative estimate of drug-likeness (QED) is 0.0219. The Kier molecular flexibility index (Phi) is 13.1. The third kappa shape index (κ3) is 10.1. The van der Waals surface area contributed by atoms with Gasteiger partial charge in [0.1, 0.15) is 17.9 Å². The predicted molar refractivity (Wildman–Crippen MR) is 229 cm³/mol. The molecule has 17 heteroatoms. The number of hydrogen-bond donors (Lipinski definition) is 2. The van der Waals surface area contributed by atoms with Crippen LogP contribution in [0.25, 0.3) is 0 Å². The molecular weight excluding hydrogens is 849 g/mol. The average Bonchev–Trinajstić information content (AvgIpc) is 3.71. The van der Waals surface area contributed by atoms with E-state index in [1.807, 2.05) is 121 Å². The van der Waals surface area contributed by atoms with E-state index >= 15 is 0 Å². The zero-order chi connectivity index (χ0) is 44.9. The van der Waals surface area contributed by atoms with E-state index < -0.39 is 64.1 Å². The highest BCUT2D eigenvalue weighted by molar-refractivity contribution is 7.80. The molecule has 63 heavy (non-hydrogen) atoms. The van der Waals surface area contributed by atoms with Crippen LogP contribution in [0.4, 0.5) is 0 Å². The van der Waals surface area contributed by atoms with Gasteiger partial charge in [-0.2, -0.15) is 13.5 Å². The van der Waals surface area contributed by atoms with Gasteiger partial charge >= 0.3 is 10.4 Å². The Balaban J connectivity index is 1.29. The second-order valence-corrected chi connectivity index (χ2v) is 17.2. The molecule has 1 amide bonds. The molecule has 0 saturated carbocycles. The Morgan fingerprint density at radius 1 is 0.841 bits per heavy atom. The lowest BCUT2D eigenvalue weighted by Gasteiger charge is -2.50. The fraction of sp³-hybridized carbons (Fsp3) is 0.217. The van der Waals surface area contributed by atoms with Crippen LogP contribution in [-0.4, -0.2) is 56.9 Å². The number of aryl methyl sites for hydroxylation is 1. The number of β-lactam (4-membered cyclic amide) rings is 1. The van der Waals surface area contributed by atoms with Crippen molar-refractivity contribution in [1.82, 2.24) is 10.0 Å². The van der Waals surface area contributed by atoms with E-state index in [0.29, 0.717) is 14.8 Å². The molecule has 0 aliphatic carbocycles. The zero-order valence-corrected chi connectivity index (χ0v) is 36.1. The summed E-state index contributed by atoms with van der Waals surface area (Å²) in [6, 6.07) is 39.4. The van der Waals surface area contributed by atoms with Crippen molar-refractivity contribution in [2.24, 2.45) is 11.1 Å². The molecule has 2 aromatic heterocycles. The lowest BCUT2D eigenvalue weighted by molar-refractivity contribution is -0.911.